The summed E-state index contributed by atoms with van der Waals surface area (Å²) in [4.78, 5) is 22.1. The van der Waals surface area contributed by atoms with E-state index in [2.05, 4.69) is 17.9 Å². The molecule has 0 heterocycles. The van der Waals surface area contributed by atoms with Crippen molar-refractivity contribution in [3.63, 3.8) is 0 Å². The quantitative estimate of drug-likeness (QED) is 0.480. The fraction of sp³-hybridized carbons (Fsp3) is 0.385. The molecule has 0 N–H and O–H groups in total. The van der Waals surface area contributed by atoms with E-state index in [4.69, 9.17) is 4.74 Å². The van der Waals surface area contributed by atoms with Crippen LogP contribution in [0.4, 0.5) is 0 Å². The molecule has 0 saturated carbocycles. The number of esters is 2. The molecular weight excluding hydrogens is 220 g/mol. The molecule has 0 unspecified atom stereocenters. The van der Waals surface area contributed by atoms with Gasteiger partial charge in [-0.25, -0.2) is 0 Å². The summed E-state index contributed by atoms with van der Waals surface area (Å²) in [6, 6.07) is 0. The van der Waals surface area contributed by atoms with Crippen molar-refractivity contribution in [1.29, 1.82) is 0 Å². The third-order valence-corrected chi connectivity index (χ3v) is 1.98. The summed E-state index contributed by atoms with van der Waals surface area (Å²) >= 11 is 0. The predicted octanol–water partition coefficient (Wildman–Crippen LogP) is 2.17. The molecular formula is C13H18O4. The fourth-order valence-electron chi connectivity index (χ4n) is 1.04. The molecule has 0 aromatic rings. The first-order valence-electron chi connectivity index (χ1n) is 5.30. The van der Waals surface area contributed by atoms with Crippen molar-refractivity contribution in [3.8, 4) is 0 Å². The van der Waals surface area contributed by atoms with Crippen molar-refractivity contribution in [2.45, 2.75) is 19.3 Å². The average molecular weight is 238 g/mol. The second-order valence-electron chi connectivity index (χ2n) is 3.27. The lowest BCUT2D eigenvalue weighted by atomic mass is 10.2. The highest BCUT2D eigenvalue weighted by molar-refractivity contribution is 5.72. The van der Waals surface area contributed by atoms with Crippen LogP contribution in [-0.2, 0) is 19.1 Å². The highest BCUT2D eigenvalue weighted by Crippen LogP contribution is 2.02. The van der Waals surface area contributed by atoms with E-state index in [1.54, 1.807) is 18.2 Å². The van der Waals surface area contributed by atoms with Crippen LogP contribution in [0, 0.1) is 0 Å². The largest absolute Gasteiger partial charge is 0.469 e. The van der Waals surface area contributed by atoms with Gasteiger partial charge in [0.15, 0.2) is 0 Å². The number of carbonyl (C=O) groups excluding carboxylic acids is 2. The van der Waals surface area contributed by atoms with E-state index in [0.717, 1.165) is 5.57 Å². The van der Waals surface area contributed by atoms with Crippen LogP contribution in [0.3, 0.4) is 0 Å². The maximum Gasteiger partial charge on any atom is 0.306 e. The second-order valence-corrected chi connectivity index (χ2v) is 3.27. The van der Waals surface area contributed by atoms with Gasteiger partial charge < -0.3 is 9.47 Å². The summed E-state index contributed by atoms with van der Waals surface area (Å²) in [5, 5.41) is 0. The molecule has 0 rings (SSSR count). The van der Waals surface area contributed by atoms with Crippen molar-refractivity contribution >= 4 is 11.9 Å². The van der Waals surface area contributed by atoms with Crippen molar-refractivity contribution in [2.24, 2.45) is 0 Å². The number of hydrogen-bond donors (Lipinski definition) is 0. The zero-order valence-electron chi connectivity index (χ0n) is 10.1. The first-order valence-corrected chi connectivity index (χ1v) is 5.30. The number of allylic oxidation sites excluding steroid dienone is 2. The molecule has 0 aliphatic carbocycles. The van der Waals surface area contributed by atoms with Crippen LogP contribution in [0.1, 0.15) is 19.3 Å². The molecule has 0 aliphatic heterocycles. The smallest absolute Gasteiger partial charge is 0.306 e. The van der Waals surface area contributed by atoms with Gasteiger partial charge in [-0.3, -0.25) is 9.59 Å². The Balaban J connectivity index is 3.79. The molecule has 0 radical (unpaired) electrons. The third-order valence-electron chi connectivity index (χ3n) is 1.98. The summed E-state index contributed by atoms with van der Waals surface area (Å²) in [5.74, 6) is -0.665. The summed E-state index contributed by atoms with van der Waals surface area (Å²) in [7, 11) is 1.32. The molecule has 0 saturated heterocycles. The zero-order chi connectivity index (χ0) is 13.1. The number of methoxy groups -OCH3 is 1. The molecule has 0 aliphatic rings. The van der Waals surface area contributed by atoms with E-state index >= 15 is 0 Å². The Morgan fingerprint density at radius 3 is 2.35 bits per heavy atom. The predicted molar refractivity (Wildman–Crippen MR) is 65.3 cm³/mol. The van der Waals surface area contributed by atoms with Crippen molar-refractivity contribution in [1.82, 2.24) is 0 Å². The monoisotopic (exact) mass is 238 g/mol. The molecule has 0 atom stereocenters. The Morgan fingerprint density at radius 2 is 1.82 bits per heavy atom. The second kappa shape index (κ2) is 9.39. The highest BCUT2D eigenvalue weighted by Gasteiger charge is 2.06. The van der Waals surface area contributed by atoms with Crippen molar-refractivity contribution in [3.05, 3.63) is 37.0 Å². The zero-order valence-corrected chi connectivity index (χ0v) is 10.1. The Morgan fingerprint density at radius 1 is 1.18 bits per heavy atom. The molecule has 4 nitrogen and oxygen atoms in total. The Labute approximate surface area is 102 Å². The number of ether oxygens (including phenoxy) is 2. The molecule has 0 amide bonds. The van der Waals surface area contributed by atoms with Crippen molar-refractivity contribution in [2.75, 3.05) is 13.7 Å². The average Bonchev–Trinajstić information content (AvgIpc) is 2.34. The Kier molecular flexibility index (Phi) is 8.37. The lowest BCUT2D eigenvalue weighted by Crippen LogP contribution is -2.08. The summed E-state index contributed by atoms with van der Waals surface area (Å²) in [6.07, 6.45) is 5.77. The molecule has 0 fully saturated rings. The Bertz CT molecular complexity index is 315. The molecule has 0 aromatic heterocycles. The molecule has 0 bridgehead atoms. The minimum Gasteiger partial charge on any atom is -0.469 e. The van der Waals surface area contributed by atoms with Gasteiger partial charge >= 0.3 is 11.9 Å². The lowest BCUT2D eigenvalue weighted by molar-refractivity contribution is -0.143. The van der Waals surface area contributed by atoms with Crippen LogP contribution in [0.2, 0.25) is 0 Å². The maximum atomic E-state index is 11.3. The van der Waals surface area contributed by atoms with Gasteiger partial charge in [-0.2, -0.15) is 0 Å². The van der Waals surface area contributed by atoms with Gasteiger partial charge in [0.05, 0.1) is 7.11 Å². The topological polar surface area (TPSA) is 52.6 Å². The summed E-state index contributed by atoms with van der Waals surface area (Å²) in [5.41, 5.74) is 0.779. The summed E-state index contributed by atoms with van der Waals surface area (Å²) < 4.78 is 9.44. The maximum absolute atomic E-state index is 11.3. The standard InChI is InChI=1S/C13H18O4/c1-4-7-11(5-2)10-17-13(15)9-6-8-12(14)16-3/h4-5,7H,1-2,6,8-10H2,3H3/b11-7+. The Hall–Kier alpha value is -1.84. The third kappa shape index (κ3) is 8.02. The van der Waals surface area contributed by atoms with Gasteiger partial charge in [0, 0.05) is 12.8 Å². The van der Waals surface area contributed by atoms with Gasteiger partial charge in [0.25, 0.3) is 0 Å². The number of hydrogen-bond acceptors (Lipinski definition) is 4. The van der Waals surface area contributed by atoms with Gasteiger partial charge in [-0.05, 0) is 12.0 Å². The van der Waals surface area contributed by atoms with Crippen LogP contribution >= 0.6 is 0 Å². The van der Waals surface area contributed by atoms with Gasteiger partial charge in [-0.15, -0.1) is 0 Å². The van der Waals surface area contributed by atoms with E-state index in [0.29, 0.717) is 6.42 Å². The van der Waals surface area contributed by atoms with Crippen LogP contribution in [0.5, 0.6) is 0 Å². The van der Waals surface area contributed by atoms with Crippen LogP contribution in [0.25, 0.3) is 0 Å². The summed E-state index contributed by atoms with van der Waals surface area (Å²) in [6.45, 7) is 7.30. The molecule has 17 heavy (non-hydrogen) atoms. The fourth-order valence-corrected chi connectivity index (χ4v) is 1.04. The van der Waals surface area contributed by atoms with Crippen LogP contribution < -0.4 is 0 Å². The van der Waals surface area contributed by atoms with Crippen LogP contribution in [-0.4, -0.2) is 25.7 Å². The van der Waals surface area contributed by atoms with E-state index < -0.39 is 0 Å². The van der Waals surface area contributed by atoms with Crippen molar-refractivity contribution < 1.29 is 19.1 Å². The number of rotatable bonds is 8. The van der Waals surface area contributed by atoms with Crippen LogP contribution in [0.15, 0.2) is 37.0 Å². The van der Waals surface area contributed by atoms with Gasteiger partial charge in [0.2, 0.25) is 0 Å². The molecule has 0 aromatic carbocycles. The van der Waals surface area contributed by atoms with E-state index in [1.165, 1.54) is 7.11 Å². The lowest BCUT2D eigenvalue weighted by Gasteiger charge is -2.04. The minimum atomic E-state index is -0.342. The number of carbonyl (C=O) groups is 2. The molecule has 4 heteroatoms. The first-order chi connectivity index (χ1) is 8.13. The van der Waals surface area contributed by atoms with E-state index in [-0.39, 0.29) is 31.4 Å². The molecule has 0 spiro atoms. The molecule has 94 valence electrons. The van der Waals surface area contributed by atoms with E-state index in [9.17, 15) is 9.59 Å². The minimum absolute atomic E-state index is 0.173. The van der Waals surface area contributed by atoms with E-state index in [1.807, 2.05) is 0 Å². The van der Waals surface area contributed by atoms with Gasteiger partial charge in [-0.1, -0.05) is 31.4 Å². The first kappa shape index (κ1) is 15.2. The van der Waals surface area contributed by atoms with Gasteiger partial charge in [0.1, 0.15) is 6.61 Å². The highest BCUT2D eigenvalue weighted by atomic mass is 16.5. The SMILES string of the molecule is C=C/C=C(\C=C)COC(=O)CCCC(=O)OC. The normalized spacial score (nSPS) is 10.5.